The van der Waals surface area contributed by atoms with Gasteiger partial charge in [0.15, 0.2) is 0 Å². The van der Waals surface area contributed by atoms with Crippen molar-refractivity contribution in [2.24, 2.45) is 0 Å². The average molecular weight is 417 g/mol. The van der Waals surface area contributed by atoms with Crippen molar-refractivity contribution < 1.29 is 27.6 Å². The highest BCUT2D eigenvalue weighted by atomic mass is 19.4. The van der Waals surface area contributed by atoms with Crippen LogP contribution in [0.25, 0.3) is 0 Å². The molecule has 1 fully saturated rings. The van der Waals surface area contributed by atoms with Crippen molar-refractivity contribution in [1.29, 1.82) is 0 Å². The summed E-state index contributed by atoms with van der Waals surface area (Å²) in [6.45, 7) is 1.08. The maximum atomic E-state index is 13.5. The third kappa shape index (κ3) is 3.10. The summed E-state index contributed by atoms with van der Waals surface area (Å²) >= 11 is 0. The fourth-order valence-electron chi connectivity index (χ4n) is 4.01. The van der Waals surface area contributed by atoms with E-state index in [-0.39, 0.29) is 5.56 Å². The molecule has 0 spiro atoms. The summed E-state index contributed by atoms with van der Waals surface area (Å²) in [7, 11) is 0. The number of para-hydroxylation sites is 1. The van der Waals surface area contributed by atoms with Crippen molar-refractivity contribution in [1.82, 2.24) is 10.2 Å². The quantitative estimate of drug-likeness (QED) is 0.781. The zero-order valence-electron chi connectivity index (χ0n) is 16.0. The van der Waals surface area contributed by atoms with Crippen LogP contribution in [0.1, 0.15) is 23.6 Å². The number of fused-ring (bicyclic) bond motifs is 1. The Labute approximate surface area is 170 Å². The van der Waals surface area contributed by atoms with E-state index in [1.807, 2.05) is 12.1 Å². The van der Waals surface area contributed by atoms with Crippen LogP contribution in [-0.4, -0.2) is 35.8 Å². The van der Waals surface area contributed by atoms with Gasteiger partial charge in [0.2, 0.25) is 5.91 Å². The Bertz CT molecular complexity index is 1050. The number of alkyl halides is 3. The Balaban J connectivity index is 1.61. The molecule has 0 aromatic heterocycles. The molecule has 4 rings (SSSR count). The molecule has 1 N–H and O–H groups in total. The molecular formula is C21H18F3N3O3. The molecule has 0 saturated carbocycles. The Hall–Kier alpha value is -3.36. The highest BCUT2D eigenvalue weighted by Crippen LogP contribution is 2.39. The van der Waals surface area contributed by atoms with Crippen molar-refractivity contribution in [3.05, 3.63) is 65.2 Å². The fourth-order valence-corrected chi connectivity index (χ4v) is 4.01. The van der Waals surface area contributed by atoms with Gasteiger partial charge in [-0.05, 0) is 36.6 Å². The maximum absolute atomic E-state index is 13.5. The number of benzene rings is 2. The third-order valence-electron chi connectivity index (χ3n) is 5.53. The molecule has 2 heterocycles. The molecule has 2 aromatic rings. The summed E-state index contributed by atoms with van der Waals surface area (Å²) < 4.78 is 40.4. The topological polar surface area (TPSA) is 69.7 Å². The van der Waals surface area contributed by atoms with Crippen LogP contribution in [0.3, 0.4) is 0 Å². The number of rotatable bonds is 3. The Morgan fingerprint density at radius 1 is 1.10 bits per heavy atom. The second-order valence-corrected chi connectivity index (χ2v) is 7.41. The number of carbonyl (C=O) groups is 3. The molecule has 0 radical (unpaired) electrons. The van der Waals surface area contributed by atoms with E-state index in [0.717, 1.165) is 17.7 Å². The first-order valence-corrected chi connectivity index (χ1v) is 9.32. The maximum Gasteiger partial charge on any atom is 0.416 e. The van der Waals surface area contributed by atoms with Crippen LogP contribution < -0.4 is 10.2 Å². The van der Waals surface area contributed by atoms with Gasteiger partial charge in [-0.3, -0.25) is 14.5 Å². The van der Waals surface area contributed by atoms with Crippen molar-refractivity contribution in [2.45, 2.75) is 25.1 Å². The van der Waals surface area contributed by atoms with Gasteiger partial charge < -0.3 is 10.2 Å². The third-order valence-corrected chi connectivity index (χ3v) is 5.53. The SMILES string of the molecule is C[C@]1(c2ccccc2C(F)(F)F)NC(=O)N(CC(=O)N2CCc3ccccc32)C1=O. The van der Waals surface area contributed by atoms with E-state index in [1.54, 1.807) is 12.1 Å². The molecule has 2 aromatic carbocycles. The van der Waals surface area contributed by atoms with E-state index in [4.69, 9.17) is 0 Å². The molecule has 0 unspecified atom stereocenters. The van der Waals surface area contributed by atoms with Crippen LogP contribution in [-0.2, 0) is 27.7 Å². The monoisotopic (exact) mass is 417 g/mol. The smallest absolute Gasteiger partial charge is 0.319 e. The molecule has 9 heteroatoms. The number of amides is 4. The number of carbonyl (C=O) groups excluding carboxylic acids is 3. The van der Waals surface area contributed by atoms with Crippen LogP contribution in [0.4, 0.5) is 23.7 Å². The number of halogens is 3. The zero-order chi connectivity index (χ0) is 21.7. The summed E-state index contributed by atoms with van der Waals surface area (Å²) in [5, 5.41) is 2.34. The van der Waals surface area contributed by atoms with E-state index in [2.05, 4.69) is 5.32 Å². The predicted molar refractivity (Wildman–Crippen MR) is 102 cm³/mol. The molecule has 30 heavy (non-hydrogen) atoms. The highest BCUT2D eigenvalue weighted by Gasteiger charge is 2.52. The minimum Gasteiger partial charge on any atom is -0.319 e. The second kappa shape index (κ2) is 6.86. The lowest BCUT2D eigenvalue weighted by atomic mass is 9.87. The first-order chi connectivity index (χ1) is 14.1. The summed E-state index contributed by atoms with van der Waals surface area (Å²) in [6, 6.07) is 11.0. The second-order valence-electron chi connectivity index (χ2n) is 7.41. The van der Waals surface area contributed by atoms with Gasteiger partial charge in [-0.15, -0.1) is 0 Å². The summed E-state index contributed by atoms with van der Waals surface area (Å²) in [5.74, 6) is -1.37. The average Bonchev–Trinajstić information content (AvgIpc) is 3.23. The fraction of sp³-hybridized carbons (Fsp3) is 0.286. The summed E-state index contributed by atoms with van der Waals surface area (Å²) in [5.41, 5.74) is -1.61. The number of nitrogens with zero attached hydrogens (tertiary/aromatic N) is 2. The zero-order valence-corrected chi connectivity index (χ0v) is 16.0. The van der Waals surface area contributed by atoms with E-state index < -0.39 is 41.7 Å². The standard InChI is InChI=1S/C21H18F3N3O3/c1-20(14-7-3-4-8-15(14)21(22,23)24)18(29)27(19(30)25-20)12-17(28)26-11-10-13-6-2-5-9-16(13)26/h2-9H,10-12H2,1H3,(H,25,30)/t20-/m1/s1. The first-order valence-electron chi connectivity index (χ1n) is 9.32. The van der Waals surface area contributed by atoms with Crippen molar-refractivity contribution in [2.75, 3.05) is 18.0 Å². The molecule has 0 bridgehead atoms. The van der Waals surface area contributed by atoms with Gasteiger partial charge in [0.1, 0.15) is 12.1 Å². The lowest BCUT2D eigenvalue weighted by Crippen LogP contribution is -2.45. The number of nitrogens with one attached hydrogen (secondary N) is 1. The number of urea groups is 1. The Morgan fingerprint density at radius 2 is 1.77 bits per heavy atom. The number of anilines is 1. The Kier molecular flexibility index (Phi) is 4.56. The van der Waals surface area contributed by atoms with Gasteiger partial charge >= 0.3 is 12.2 Å². The summed E-state index contributed by atoms with van der Waals surface area (Å²) in [6.07, 6.45) is -4.05. The van der Waals surface area contributed by atoms with Crippen LogP contribution in [0, 0.1) is 0 Å². The van der Waals surface area contributed by atoms with Gasteiger partial charge in [-0.2, -0.15) is 13.2 Å². The van der Waals surface area contributed by atoms with Gasteiger partial charge in [0, 0.05) is 12.2 Å². The normalized spacial score (nSPS) is 21.1. The first kappa shape index (κ1) is 19.9. The van der Waals surface area contributed by atoms with Gasteiger partial charge in [0.05, 0.1) is 5.56 Å². The van der Waals surface area contributed by atoms with Crippen LogP contribution in [0.5, 0.6) is 0 Å². The van der Waals surface area contributed by atoms with Crippen molar-refractivity contribution in [3.63, 3.8) is 0 Å². The van der Waals surface area contributed by atoms with E-state index in [1.165, 1.54) is 24.0 Å². The molecule has 2 aliphatic heterocycles. The van der Waals surface area contributed by atoms with Gasteiger partial charge in [-0.1, -0.05) is 36.4 Å². The van der Waals surface area contributed by atoms with Gasteiger partial charge in [0.25, 0.3) is 5.91 Å². The van der Waals surface area contributed by atoms with Crippen molar-refractivity contribution in [3.8, 4) is 0 Å². The van der Waals surface area contributed by atoms with E-state index >= 15 is 0 Å². The minimum absolute atomic E-state index is 0.364. The molecule has 1 saturated heterocycles. The van der Waals surface area contributed by atoms with Crippen LogP contribution >= 0.6 is 0 Å². The lowest BCUT2D eigenvalue weighted by Gasteiger charge is -2.26. The Morgan fingerprint density at radius 3 is 2.50 bits per heavy atom. The molecule has 156 valence electrons. The molecule has 1 atom stereocenters. The van der Waals surface area contributed by atoms with Crippen LogP contribution in [0.15, 0.2) is 48.5 Å². The van der Waals surface area contributed by atoms with E-state index in [9.17, 15) is 27.6 Å². The lowest BCUT2D eigenvalue weighted by molar-refractivity contribution is -0.140. The number of imide groups is 1. The molecule has 6 nitrogen and oxygen atoms in total. The largest absolute Gasteiger partial charge is 0.416 e. The highest BCUT2D eigenvalue weighted by molar-refractivity contribution is 6.11. The number of hydrogen-bond acceptors (Lipinski definition) is 3. The molecule has 2 aliphatic rings. The van der Waals surface area contributed by atoms with E-state index in [0.29, 0.717) is 23.6 Å². The predicted octanol–water partition coefficient (Wildman–Crippen LogP) is 3.06. The molecule has 0 aliphatic carbocycles. The summed E-state index contributed by atoms with van der Waals surface area (Å²) in [4.78, 5) is 40.4. The van der Waals surface area contributed by atoms with Crippen molar-refractivity contribution >= 4 is 23.5 Å². The minimum atomic E-state index is -4.70. The van der Waals surface area contributed by atoms with Crippen LogP contribution in [0.2, 0.25) is 0 Å². The van der Waals surface area contributed by atoms with Gasteiger partial charge in [-0.25, -0.2) is 4.79 Å². The number of hydrogen-bond donors (Lipinski definition) is 1. The molecule has 4 amide bonds. The molecular weight excluding hydrogens is 399 g/mol.